The van der Waals surface area contributed by atoms with Crippen LogP contribution in [-0.4, -0.2) is 21.0 Å². The first-order valence-electron chi connectivity index (χ1n) is 10.4. The summed E-state index contributed by atoms with van der Waals surface area (Å²) in [7, 11) is -3.72. The van der Waals surface area contributed by atoms with E-state index < -0.39 is 15.4 Å². The van der Waals surface area contributed by atoms with Crippen molar-refractivity contribution >= 4 is 15.8 Å². The van der Waals surface area contributed by atoms with E-state index in [4.69, 9.17) is 14.6 Å². The maximum atomic E-state index is 13.3. The molecule has 1 saturated carbocycles. The van der Waals surface area contributed by atoms with Crippen LogP contribution in [0.3, 0.4) is 0 Å². The van der Waals surface area contributed by atoms with Gasteiger partial charge in [0.15, 0.2) is 11.5 Å². The molecule has 3 aromatic carbocycles. The smallest absolute Gasteiger partial charge is 0.238 e. The number of hydrogen-bond acceptors (Lipinski definition) is 5. The van der Waals surface area contributed by atoms with Crippen LogP contribution in [0.5, 0.6) is 11.5 Å². The second-order valence-corrected chi connectivity index (χ2v) is 10.0. The zero-order valence-corrected chi connectivity index (χ0v) is 18.4. The first-order chi connectivity index (χ1) is 15.3. The monoisotopic (exact) mass is 449 g/mol. The summed E-state index contributed by atoms with van der Waals surface area (Å²) in [5, 5.41) is 5.18. The van der Waals surface area contributed by atoms with Gasteiger partial charge in [0, 0.05) is 6.42 Å². The molecule has 0 radical (unpaired) electrons. The number of aryl methyl sites for hydroxylation is 1. The summed E-state index contributed by atoms with van der Waals surface area (Å²) in [6, 6.07) is 18.2. The predicted molar refractivity (Wildman–Crippen MR) is 120 cm³/mol. The topological polar surface area (TPSA) is 95.7 Å². The minimum atomic E-state index is -3.72. The lowest BCUT2D eigenvalue weighted by molar-refractivity contribution is -0.120. The molecule has 0 aromatic heterocycles. The second-order valence-electron chi connectivity index (χ2n) is 8.47. The van der Waals surface area contributed by atoms with Crippen molar-refractivity contribution in [2.24, 2.45) is 5.14 Å². The fraction of sp³-hybridized carbons (Fsp3) is 0.240. The summed E-state index contributed by atoms with van der Waals surface area (Å²) in [6.07, 6.45) is 2.05. The van der Waals surface area contributed by atoms with E-state index in [-0.39, 0.29) is 17.5 Å². The molecule has 0 atom stereocenters. The van der Waals surface area contributed by atoms with Gasteiger partial charge in [-0.25, -0.2) is 13.6 Å². The van der Waals surface area contributed by atoms with Crippen LogP contribution in [0.15, 0.2) is 65.6 Å². The van der Waals surface area contributed by atoms with Crippen molar-refractivity contribution in [1.82, 2.24) is 0 Å². The molecular formula is C25H23NO5S. The molecule has 2 N–H and O–H groups in total. The van der Waals surface area contributed by atoms with Crippen LogP contribution >= 0.6 is 0 Å². The van der Waals surface area contributed by atoms with Gasteiger partial charge in [0.05, 0.1) is 10.3 Å². The third-order valence-electron chi connectivity index (χ3n) is 6.36. The molecule has 3 aromatic rings. The van der Waals surface area contributed by atoms with E-state index in [2.05, 4.69) is 0 Å². The van der Waals surface area contributed by atoms with Crippen molar-refractivity contribution < 1.29 is 22.7 Å². The van der Waals surface area contributed by atoms with E-state index in [0.717, 1.165) is 46.4 Å². The zero-order chi connectivity index (χ0) is 22.5. The Morgan fingerprint density at radius 3 is 2.34 bits per heavy atom. The van der Waals surface area contributed by atoms with Crippen molar-refractivity contribution in [2.75, 3.05) is 6.79 Å². The molecule has 6 nitrogen and oxygen atoms in total. The number of hydrogen-bond donors (Lipinski definition) is 1. The Bertz CT molecular complexity index is 1320. The molecule has 7 heteroatoms. The third-order valence-corrected chi connectivity index (χ3v) is 7.29. The predicted octanol–water partition coefficient (Wildman–Crippen LogP) is 3.88. The maximum absolute atomic E-state index is 13.3. The van der Waals surface area contributed by atoms with Crippen LogP contribution < -0.4 is 14.6 Å². The standard InChI is InChI=1S/C25H23NO5S/c1-16-12-17(2-8-21(16)18-3-6-20(7-4-18)32(26,28)29)13-24(27)25(10-11-25)19-5-9-22-23(14-19)31-15-30-22/h2-9,12,14H,10-11,13,15H2,1H3,(H2,26,28,29). The first-order valence-corrected chi connectivity index (χ1v) is 12.0. The molecule has 5 rings (SSSR count). The van der Waals surface area contributed by atoms with Gasteiger partial charge in [-0.15, -0.1) is 0 Å². The fourth-order valence-electron chi connectivity index (χ4n) is 4.39. The van der Waals surface area contributed by atoms with Crippen molar-refractivity contribution in [3.63, 3.8) is 0 Å². The number of fused-ring (bicyclic) bond motifs is 1. The highest BCUT2D eigenvalue weighted by Gasteiger charge is 2.50. The van der Waals surface area contributed by atoms with Crippen LogP contribution in [0, 0.1) is 6.92 Å². The number of rotatable bonds is 6. The van der Waals surface area contributed by atoms with Crippen molar-refractivity contribution in [1.29, 1.82) is 0 Å². The lowest BCUT2D eigenvalue weighted by Gasteiger charge is -2.16. The van der Waals surface area contributed by atoms with Gasteiger partial charge in [-0.3, -0.25) is 4.79 Å². The van der Waals surface area contributed by atoms with Gasteiger partial charge in [-0.2, -0.15) is 0 Å². The molecule has 0 bridgehead atoms. The quantitative estimate of drug-likeness (QED) is 0.616. The summed E-state index contributed by atoms with van der Waals surface area (Å²) in [4.78, 5) is 13.3. The van der Waals surface area contributed by atoms with Gasteiger partial charge in [-0.1, -0.05) is 36.4 Å². The number of primary sulfonamides is 1. The van der Waals surface area contributed by atoms with Crippen molar-refractivity contribution in [3.05, 3.63) is 77.4 Å². The van der Waals surface area contributed by atoms with E-state index >= 15 is 0 Å². The molecule has 0 unspecified atom stereocenters. The van der Waals surface area contributed by atoms with E-state index in [0.29, 0.717) is 12.2 Å². The molecule has 1 fully saturated rings. The number of ether oxygens (including phenoxy) is 2. The van der Waals surface area contributed by atoms with Crippen molar-refractivity contribution in [2.45, 2.75) is 36.5 Å². The minimum absolute atomic E-state index is 0.0827. The van der Waals surface area contributed by atoms with E-state index in [9.17, 15) is 13.2 Å². The van der Waals surface area contributed by atoms with Crippen LogP contribution in [-0.2, 0) is 26.7 Å². The Morgan fingerprint density at radius 2 is 1.69 bits per heavy atom. The average molecular weight is 450 g/mol. The Morgan fingerprint density at radius 1 is 0.969 bits per heavy atom. The van der Waals surface area contributed by atoms with Gasteiger partial charge < -0.3 is 9.47 Å². The zero-order valence-electron chi connectivity index (χ0n) is 17.6. The highest BCUT2D eigenvalue weighted by atomic mass is 32.2. The van der Waals surface area contributed by atoms with Gasteiger partial charge >= 0.3 is 0 Å². The molecular weight excluding hydrogens is 426 g/mol. The van der Waals surface area contributed by atoms with E-state index in [1.165, 1.54) is 12.1 Å². The van der Waals surface area contributed by atoms with E-state index in [1.807, 2.05) is 43.3 Å². The first kappa shape index (κ1) is 20.7. The summed E-state index contributed by atoms with van der Waals surface area (Å²) in [6.45, 7) is 2.21. The number of carbonyl (C=O) groups is 1. The Hall–Kier alpha value is -3.16. The lowest BCUT2D eigenvalue weighted by Crippen LogP contribution is -2.22. The molecule has 164 valence electrons. The van der Waals surface area contributed by atoms with Gasteiger partial charge in [-0.05, 0) is 71.8 Å². The number of carbonyl (C=O) groups excluding carboxylic acids is 1. The molecule has 32 heavy (non-hydrogen) atoms. The average Bonchev–Trinajstić information content (AvgIpc) is 3.44. The summed E-state index contributed by atoms with van der Waals surface area (Å²) in [5.41, 5.74) is 4.42. The second kappa shape index (κ2) is 7.46. The molecule has 1 aliphatic heterocycles. The fourth-order valence-corrected chi connectivity index (χ4v) is 4.90. The summed E-state index contributed by atoms with van der Waals surface area (Å²) < 4.78 is 33.8. The van der Waals surface area contributed by atoms with Gasteiger partial charge in [0.1, 0.15) is 5.78 Å². The number of nitrogens with two attached hydrogens (primary N) is 1. The van der Waals surface area contributed by atoms with Gasteiger partial charge in [0.2, 0.25) is 16.8 Å². The van der Waals surface area contributed by atoms with Crippen LogP contribution in [0.2, 0.25) is 0 Å². The largest absolute Gasteiger partial charge is 0.454 e. The number of sulfonamides is 1. The number of ketones is 1. The molecule has 0 saturated heterocycles. The third kappa shape index (κ3) is 3.67. The highest BCUT2D eigenvalue weighted by molar-refractivity contribution is 7.89. The molecule has 0 amide bonds. The summed E-state index contributed by atoms with van der Waals surface area (Å²) >= 11 is 0. The maximum Gasteiger partial charge on any atom is 0.238 e. The molecule has 1 heterocycles. The Kier molecular flexibility index (Phi) is 4.83. The summed E-state index contributed by atoms with van der Waals surface area (Å²) in [5.74, 6) is 1.64. The van der Waals surface area contributed by atoms with Crippen LogP contribution in [0.25, 0.3) is 11.1 Å². The number of Topliss-reactive ketones (excluding diaryl/α,β-unsaturated/α-hetero) is 1. The van der Waals surface area contributed by atoms with E-state index in [1.54, 1.807) is 12.1 Å². The van der Waals surface area contributed by atoms with Crippen molar-refractivity contribution in [3.8, 4) is 22.6 Å². The Balaban J connectivity index is 1.35. The number of benzene rings is 3. The minimum Gasteiger partial charge on any atom is -0.454 e. The van der Waals surface area contributed by atoms with Gasteiger partial charge in [0.25, 0.3) is 0 Å². The molecule has 1 aliphatic carbocycles. The SMILES string of the molecule is Cc1cc(CC(=O)C2(c3ccc4c(c3)OCO4)CC2)ccc1-c1ccc(S(N)(=O)=O)cc1. The van der Waals surface area contributed by atoms with Crippen LogP contribution in [0.1, 0.15) is 29.5 Å². The normalized spacial score (nSPS) is 16.1. The van der Waals surface area contributed by atoms with Crippen LogP contribution in [0.4, 0.5) is 0 Å². The highest BCUT2D eigenvalue weighted by Crippen LogP contribution is 2.51. The lowest BCUT2D eigenvalue weighted by atomic mass is 9.87. The Labute approximate surface area is 187 Å². The molecule has 2 aliphatic rings. The molecule has 0 spiro atoms.